The maximum Gasteiger partial charge on any atom is 0.344 e. The number of ether oxygens (including phenoxy) is 1. The fraction of sp³-hybridized carbons (Fsp3) is 0.370. The average Bonchev–Trinajstić information content (AvgIpc) is 3.23. The first-order chi connectivity index (χ1) is 14.9. The lowest BCUT2D eigenvalue weighted by molar-refractivity contribution is -0.144. The Balaban J connectivity index is 1.39. The number of benzene rings is 3. The monoisotopic (exact) mass is 420 g/mol. The lowest BCUT2D eigenvalue weighted by Crippen LogP contribution is -2.22. The van der Waals surface area contributed by atoms with Crippen molar-refractivity contribution in [3.8, 4) is 5.75 Å². The van der Waals surface area contributed by atoms with E-state index in [1.807, 2.05) is 42.5 Å². The maximum atomic E-state index is 14.2. The third-order valence-electron chi connectivity index (χ3n) is 6.68. The molecule has 3 nitrogen and oxygen atoms in total. The van der Waals surface area contributed by atoms with Crippen molar-refractivity contribution in [3.05, 3.63) is 77.6 Å². The SMILES string of the molecule is CC(Oc1ccc(C2CCC(C[C@H](C)c3ccc(F)c4ccccc34)C2)cc1)C(=O)O. The van der Waals surface area contributed by atoms with Gasteiger partial charge in [-0.15, -0.1) is 0 Å². The number of hydrogen-bond acceptors (Lipinski definition) is 2. The molecule has 0 spiro atoms. The number of aliphatic carboxylic acids is 1. The first-order valence-electron chi connectivity index (χ1n) is 11.1. The summed E-state index contributed by atoms with van der Waals surface area (Å²) in [6.45, 7) is 3.78. The van der Waals surface area contributed by atoms with Crippen LogP contribution in [0.2, 0.25) is 0 Å². The Hall–Kier alpha value is -2.88. The fourth-order valence-corrected chi connectivity index (χ4v) is 5.01. The van der Waals surface area contributed by atoms with Crippen LogP contribution in [0, 0.1) is 11.7 Å². The predicted octanol–water partition coefficient (Wildman–Crippen LogP) is 6.91. The van der Waals surface area contributed by atoms with E-state index in [-0.39, 0.29) is 5.82 Å². The minimum absolute atomic E-state index is 0.155. The Kier molecular flexibility index (Phi) is 6.26. The highest BCUT2D eigenvalue weighted by Gasteiger charge is 2.28. The molecule has 0 aliphatic heterocycles. The van der Waals surface area contributed by atoms with Gasteiger partial charge in [0.1, 0.15) is 11.6 Å². The number of fused-ring (bicyclic) bond motifs is 1. The zero-order chi connectivity index (χ0) is 22.0. The van der Waals surface area contributed by atoms with E-state index in [9.17, 15) is 9.18 Å². The highest BCUT2D eigenvalue weighted by atomic mass is 19.1. The van der Waals surface area contributed by atoms with Crippen molar-refractivity contribution in [1.82, 2.24) is 0 Å². The normalized spacial score (nSPS) is 20.5. The molecule has 3 aromatic carbocycles. The standard InChI is InChI=1S/C27H29FO3/c1-17(23-13-14-26(28)25-6-4-3-5-24(23)25)15-19-7-8-21(16-19)20-9-11-22(12-10-20)31-18(2)27(29)30/h3-6,9-14,17-19,21H,7-8,15-16H2,1-2H3,(H,29,30)/t17-,18?,19?,21?/m0/s1. The minimum atomic E-state index is -0.967. The molecule has 4 atom stereocenters. The molecule has 1 fully saturated rings. The van der Waals surface area contributed by atoms with E-state index in [0.29, 0.717) is 28.9 Å². The molecule has 0 aromatic heterocycles. The molecule has 0 heterocycles. The van der Waals surface area contributed by atoms with Gasteiger partial charge in [-0.1, -0.05) is 49.4 Å². The fourth-order valence-electron chi connectivity index (χ4n) is 5.01. The van der Waals surface area contributed by atoms with Crippen molar-refractivity contribution < 1.29 is 19.0 Å². The smallest absolute Gasteiger partial charge is 0.344 e. The van der Waals surface area contributed by atoms with Crippen LogP contribution in [0.25, 0.3) is 10.8 Å². The molecule has 0 saturated heterocycles. The third kappa shape index (κ3) is 4.73. The Morgan fingerprint density at radius 3 is 2.45 bits per heavy atom. The lowest BCUT2D eigenvalue weighted by atomic mass is 9.86. The van der Waals surface area contributed by atoms with E-state index in [4.69, 9.17) is 9.84 Å². The van der Waals surface area contributed by atoms with Gasteiger partial charge in [0, 0.05) is 5.39 Å². The number of carboxylic acids is 1. The van der Waals surface area contributed by atoms with E-state index in [2.05, 4.69) is 19.1 Å². The van der Waals surface area contributed by atoms with E-state index in [1.54, 1.807) is 6.07 Å². The highest BCUT2D eigenvalue weighted by Crippen LogP contribution is 2.43. The van der Waals surface area contributed by atoms with Crippen LogP contribution >= 0.6 is 0 Å². The minimum Gasteiger partial charge on any atom is -0.479 e. The first-order valence-corrected chi connectivity index (χ1v) is 11.1. The summed E-state index contributed by atoms with van der Waals surface area (Å²) in [5.74, 6) is 1.01. The highest BCUT2D eigenvalue weighted by molar-refractivity contribution is 5.86. The third-order valence-corrected chi connectivity index (χ3v) is 6.68. The number of rotatable bonds is 7. The van der Waals surface area contributed by atoms with Crippen LogP contribution in [0.4, 0.5) is 4.39 Å². The van der Waals surface area contributed by atoms with E-state index in [1.165, 1.54) is 24.5 Å². The van der Waals surface area contributed by atoms with Gasteiger partial charge in [-0.25, -0.2) is 9.18 Å². The molecule has 1 aliphatic carbocycles. The lowest BCUT2D eigenvalue weighted by Gasteiger charge is -2.19. The van der Waals surface area contributed by atoms with Crippen molar-refractivity contribution in [2.24, 2.45) is 5.92 Å². The van der Waals surface area contributed by atoms with Gasteiger partial charge in [0.25, 0.3) is 0 Å². The second kappa shape index (κ2) is 9.09. The van der Waals surface area contributed by atoms with Gasteiger partial charge in [0.05, 0.1) is 0 Å². The summed E-state index contributed by atoms with van der Waals surface area (Å²) < 4.78 is 19.6. The molecule has 31 heavy (non-hydrogen) atoms. The summed E-state index contributed by atoms with van der Waals surface area (Å²) in [4.78, 5) is 11.0. The molecule has 0 radical (unpaired) electrons. The summed E-state index contributed by atoms with van der Waals surface area (Å²) in [5, 5.41) is 10.7. The molecule has 0 amide bonds. The van der Waals surface area contributed by atoms with Crippen LogP contribution in [-0.2, 0) is 4.79 Å². The first kappa shape index (κ1) is 21.4. The van der Waals surface area contributed by atoms with Crippen molar-refractivity contribution in [3.63, 3.8) is 0 Å². The van der Waals surface area contributed by atoms with Gasteiger partial charge in [0.2, 0.25) is 0 Å². The average molecular weight is 421 g/mol. The van der Waals surface area contributed by atoms with Gasteiger partial charge >= 0.3 is 5.97 Å². The van der Waals surface area contributed by atoms with Gasteiger partial charge < -0.3 is 9.84 Å². The molecule has 0 bridgehead atoms. The Morgan fingerprint density at radius 2 is 1.74 bits per heavy atom. The van der Waals surface area contributed by atoms with Crippen molar-refractivity contribution >= 4 is 16.7 Å². The molecule has 1 saturated carbocycles. The number of halogens is 1. The number of hydrogen-bond donors (Lipinski definition) is 1. The second-order valence-corrected chi connectivity index (χ2v) is 8.86. The second-order valence-electron chi connectivity index (χ2n) is 8.86. The molecular weight excluding hydrogens is 391 g/mol. The van der Waals surface area contributed by atoms with E-state index in [0.717, 1.165) is 24.6 Å². The van der Waals surface area contributed by atoms with Crippen LogP contribution in [0.3, 0.4) is 0 Å². The Bertz CT molecular complexity index is 1060. The van der Waals surface area contributed by atoms with Gasteiger partial charge in [-0.3, -0.25) is 0 Å². The molecule has 4 heteroatoms. The Morgan fingerprint density at radius 1 is 1.03 bits per heavy atom. The summed E-state index contributed by atoms with van der Waals surface area (Å²) in [6.07, 6.45) is 3.75. The molecule has 3 unspecified atom stereocenters. The van der Waals surface area contributed by atoms with Crippen LogP contribution in [0.5, 0.6) is 5.75 Å². The number of carboxylic acid groups (broad SMARTS) is 1. The van der Waals surface area contributed by atoms with Gasteiger partial charge in [-0.2, -0.15) is 0 Å². The van der Waals surface area contributed by atoms with Gasteiger partial charge in [0.15, 0.2) is 6.10 Å². The zero-order valence-corrected chi connectivity index (χ0v) is 18.1. The Labute approximate surface area is 182 Å². The molecule has 162 valence electrons. The molecule has 1 N–H and O–H groups in total. The maximum absolute atomic E-state index is 14.2. The van der Waals surface area contributed by atoms with Crippen LogP contribution < -0.4 is 4.74 Å². The summed E-state index contributed by atoms with van der Waals surface area (Å²) >= 11 is 0. The van der Waals surface area contributed by atoms with Crippen LogP contribution in [0.1, 0.15) is 62.5 Å². The van der Waals surface area contributed by atoms with Gasteiger partial charge in [-0.05, 0) is 85.1 Å². The molecular formula is C27H29FO3. The molecule has 1 aliphatic rings. The van der Waals surface area contributed by atoms with E-state index >= 15 is 0 Å². The summed E-state index contributed by atoms with van der Waals surface area (Å²) in [5.41, 5.74) is 2.52. The van der Waals surface area contributed by atoms with Crippen LogP contribution in [-0.4, -0.2) is 17.2 Å². The zero-order valence-electron chi connectivity index (χ0n) is 18.1. The molecule has 4 rings (SSSR count). The van der Waals surface area contributed by atoms with Crippen LogP contribution in [0.15, 0.2) is 60.7 Å². The predicted molar refractivity (Wildman–Crippen MR) is 121 cm³/mol. The summed E-state index contributed by atoms with van der Waals surface area (Å²) in [6, 6.07) is 19.2. The number of carbonyl (C=O) groups is 1. The van der Waals surface area contributed by atoms with Crippen molar-refractivity contribution in [2.75, 3.05) is 0 Å². The van der Waals surface area contributed by atoms with E-state index < -0.39 is 12.1 Å². The molecule has 3 aromatic rings. The largest absolute Gasteiger partial charge is 0.479 e. The van der Waals surface area contributed by atoms with Crippen molar-refractivity contribution in [2.45, 2.75) is 57.5 Å². The van der Waals surface area contributed by atoms with Crippen molar-refractivity contribution in [1.29, 1.82) is 0 Å². The quantitative estimate of drug-likeness (QED) is 0.452. The topological polar surface area (TPSA) is 46.5 Å². The summed E-state index contributed by atoms with van der Waals surface area (Å²) in [7, 11) is 0.